The van der Waals surface area contributed by atoms with Crippen LogP contribution in [0.5, 0.6) is 0 Å². The lowest BCUT2D eigenvalue weighted by molar-refractivity contribution is 0.181. The Hall–Kier alpha value is -0.570. The Morgan fingerprint density at radius 1 is 1.23 bits per heavy atom. The maximum atomic E-state index is 4.22. The van der Waals surface area contributed by atoms with Crippen molar-refractivity contribution in [3.8, 4) is 0 Å². The van der Waals surface area contributed by atoms with Gasteiger partial charge in [-0.2, -0.15) is 0 Å². The van der Waals surface area contributed by atoms with Crippen molar-refractivity contribution < 1.29 is 0 Å². The molecule has 13 heavy (non-hydrogen) atoms. The highest BCUT2D eigenvalue weighted by Gasteiger charge is 2.11. The molecule has 0 fully saturated rings. The van der Waals surface area contributed by atoms with Gasteiger partial charge < -0.3 is 5.32 Å². The van der Waals surface area contributed by atoms with Gasteiger partial charge in [0.2, 0.25) is 0 Å². The third-order valence-electron chi connectivity index (χ3n) is 2.03. The average molecular weight is 185 g/mol. The maximum Gasteiger partial charge on any atom is 0.0821 e. The van der Waals surface area contributed by atoms with Gasteiger partial charge in [-0.1, -0.05) is 0 Å². The van der Waals surface area contributed by atoms with Crippen molar-refractivity contribution in [2.75, 3.05) is 20.1 Å². The molecular formula is C10H23N3. The van der Waals surface area contributed by atoms with E-state index in [1.807, 2.05) is 7.05 Å². The number of nitrogens with zero attached hydrogens (tertiary/aromatic N) is 2. The van der Waals surface area contributed by atoms with Crippen molar-refractivity contribution in [2.24, 2.45) is 4.99 Å². The zero-order chi connectivity index (χ0) is 10.3. The topological polar surface area (TPSA) is 27.6 Å². The first kappa shape index (κ1) is 12.4. The van der Waals surface area contributed by atoms with Crippen molar-refractivity contribution in [3.05, 3.63) is 0 Å². The number of rotatable bonds is 6. The Kier molecular flexibility index (Phi) is 6.59. The van der Waals surface area contributed by atoms with Crippen LogP contribution in [0, 0.1) is 0 Å². The Labute approximate surface area is 82.2 Å². The van der Waals surface area contributed by atoms with Crippen LogP contribution in [0.3, 0.4) is 0 Å². The highest BCUT2D eigenvalue weighted by atomic mass is 15.2. The van der Waals surface area contributed by atoms with Crippen LogP contribution in [0.25, 0.3) is 0 Å². The molecule has 0 atom stereocenters. The highest BCUT2D eigenvalue weighted by Crippen LogP contribution is 2.03. The van der Waals surface area contributed by atoms with Gasteiger partial charge in [0.25, 0.3) is 0 Å². The molecule has 0 aromatic carbocycles. The first-order valence-corrected chi connectivity index (χ1v) is 5.01. The van der Waals surface area contributed by atoms with E-state index in [4.69, 9.17) is 0 Å². The summed E-state index contributed by atoms with van der Waals surface area (Å²) in [6.07, 6.45) is 1.75. The number of hydrogen-bond donors (Lipinski definition) is 1. The lowest BCUT2D eigenvalue weighted by Gasteiger charge is -2.29. The van der Waals surface area contributed by atoms with Crippen molar-refractivity contribution in [3.63, 3.8) is 0 Å². The van der Waals surface area contributed by atoms with Gasteiger partial charge in [0.15, 0.2) is 0 Å². The van der Waals surface area contributed by atoms with Crippen LogP contribution in [0.2, 0.25) is 0 Å². The Balaban J connectivity index is 3.76. The van der Waals surface area contributed by atoms with E-state index in [1.54, 1.807) is 6.34 Å². The Morgan fingerprint density at radius 3 is 2.15 bits per heavy atom. The van der Waals surface area contributed by atoms with Gasteiger partial charge >= 0.3 is 0 Å². The minimum Gasteiger partial charge on any atom is -0.380 e. The minimum atomic E-state index is 0.602. The van der Waals surface area contributed by atoms with Crippen LogP contribution >= 0.6 is 0 Å². The molecule has 0 aliphatic carbocycles. The van der Waals surface area contributed by atoms with E-state index in [9.17, 15) is 0 Å². The molecule has 0 aromatic heterocycles. The van der Waals surface area contributed by atoms with E-state index in [2.05, 4.69) is 42.9 Å². The molecule has 0 radical (unpaired) electrons. The second-order valence-corrected chi connectivity index (χ2v) is 3.75. The predicted octanol–water partition coefficient (Wildman–Crippen LogP) is 1.35. The molecule has 3 heteroatoms. The maximum absolute atomic E-state index is 4.22. The normalized spacial score (nSPS) is 12.3. The van der Waals surface area contributed by atoms with Gasteiger partial charge in [-0.3, -0.25) is 9.89 Å². The van der Waals surface area contributed by atoms with Crippen LogP contribution in [-0.2, 0) is 0 Å². The van der Waals surface area contributed by atoms with Crippen molar-refractivity contribution in [1.82, 2.24) is 10.2 Å². The smallest absolute Gasteiger partial charge is 0.0821 e. The molecular weight excluding hydrogens is 162 g/mol. The molecule has 0 saturated carbocycles. The van der Waals surface area contributed by atoms with Crippen LogP contribution < -0.4 is 5.32 Å². The van der Waals surface area contributed by atoms with E-state index < -0.39 is 0 Å². The second-order valence-electron chi connectivity index (χ2n) is 3.75. The van der Waals surface area contributed by atoms with E-state index in [0.29, 0.717) is 12.1 Å². The summed E-state index contributed by atoms with van der Waals surface area (Å²) in [6.45, 7) is 10.8. The predicted molar refractivity (Wildman–Crippen MR) is 59.4 cm³/mol. The molecule has 3 nitrogen and oxygen atoms in total. The summed E-state index contributed by atoms with van der Waals surface area (Å²) >= 11 is 0. The van der Waals surface area contributed by atoms with Gasteiger partial charge in [-0.05, 0) is 27.7 Å². The molecule has 0 saturated heterocycles. The summed E-state index contributed by atoms with van der Waals surface area (Å²) in [5.41, 5.74) is 0. The lowest BCUT2D eigenvalue weighted by atomic mass is 10.2. The van der Waals surface area contributed by atoms with Gasteiger partial charge in [0, 0.05) is 25.7 Å². The molecule has 0 aliphatic rings. The number of hydrogen-bond acceptors (Lipinski definition) is 2. The summed E-state index contributed by atoms with van der Waals surface area (Å²) in [7, 11) is 1.87. The fraction of sp³-hybridized carbons (Fsp3) is 0.900. The van der Waals surface area contributed by atoms with Crippen LogP contribution in [0.4, 0.5) is 0 Å². The Bertz CT molecular complexity index is 133. The SMILES string of the molecule is CNC=NCCN(C(C)C)C(C)C. The van der Waals surface area contributed by atoms with Crippen molar-refractivity contribution in [1.29, 1.82) is 0 Å². The second kappa shape index (κ2) is 6.89. The highest BCUT2D eigenvalue weighted by molar-refractivity contribution is 5.53. The summed E-state index contributed by atoms with van der Waals surface area (Å²) < 4.78 is 0. The van der Waals surface area contributed by atoms with Crippen molar-refractivity contribution in [2.45, 2.75) is 39.8 Å². The molecule has 1 N–H and O–H groups in total. The molecule has 0 aromatic rings. The fourth-order valence-electron chi connectivity index (χ4n) is 1.44. The zero-order valence-electron chi connectivity index (χ0n) is 9.54. The lowest BCUT2D eigenvalue weighted by Crippen LogP contribution is -2.38. The van der Waals surface area contributed by atoms with E-state index >= 15 is 0 Å². The molecule has 0 spiro atoms. The van der Waals surface area contributed by atoms with Crippen molar-refractivity contribution >= 4 is 6.34 Å². The molecule has 0 amide bonds. The zero-order valence-corrected chi connectivity index (χ0v) is 9.54. The fourth-order valence-corrected chi connectivity index (χ4v) is 1.44. The van der Waals surface area contributed by atoms with E-state index in [0.717, 1.165) is 13.1 Å². The van der Waals surface area contributed by atoms with E-state index in [-0.39, 0.29) is 0 Å². The minimum absolute atomic E-state index is 0.602. The largest absolute Gasteiger partial charge is 0.380 e. The monoisotopic (exact) mass is 185 g/mol. The van der Waals surface area contributed by atoms with Crippen LogP contribution in [0.15, 0.2) is 4.99 Å². The molecule has 0 heterocycles. The quantitative estimate of drug-likeness (QED) is 0.500. The third kappa shape index (κ3) is 5.64. The van der Waals surface area contributed by atoms with Gasteiger partial charge in [0.1, 0.15) is 0 Å². The van der Waals surface area contributed by atoms with Gasteiger partial charge in [-0.25, -0.2) is 0 Å². The van der Waals surface area contributed by atoms with Crippen LogP contribution in [0.1, 0.15) is 27.7 Å². The molecule has 0 rings (SSSR count). The Morgan fingerprint density at radius 2 is 1.77 bits per heavy atom. The number of nitrogens with one attached hydrogen (secondary N) is 1. The third-order valence-corrected chi connectivity index (χ3v) is 2.03. The summed E-state index contributed by atoms with van der Waals surface area (Å²) in [5, 5.41) is 2.89. The summed E-state index contributed by atoms with van der Waals surface area (Å²) in [5.74, 6) is 0. The van der Waals surface area contributed by atoms with Gasteiger partial charge in [0.05, 0.1) is 12.9 Å². The average Bonchev–Trinajstić information content (AvgIpc) is 2.02. The summed E-state index contributed by atoms with van der Waals surface area (Å²) in [4.78, 5) is 6.65. The molecule has 0 bridgehead atoms. The standard InChI is InChI=1S/C10H23N3/c1-9(2)13(10(3)4)7-6-12-8-11-5/h8-10H,6-7H2,1-5H3,(H,11,12). The van der Waals surface area contributed by atoms with E-state index in [1.165, 1.54) is 0 Å². The van der Waals surface area contributed by atoms with Gasteiger partial charge in [-0.15, -0.1) is 0 Å². The first-order valence-electron chi connectivity index (χ1n) is 5.01. The first-order chi connectivity index (χ1) is 6.09. The molecule has 0 unspecified atom stereocenters. The molecule has 78 valence electrons. The summed E-state index contributed by atoms with van der Waals surface area (Å²) in [6, 6.07) is 1.20. The molecule has 0 aliphatic heterocycles. The number of aliphatic imine (C=N–C) groups is 1. The van der Waals surface area contributed by atoms with Crippen LogP contribution in [-0.4, -0.2) is 43.5 Å².